The zero-order valence-electron chi connectivity index (χ0n) is 11.7. The number of piperidine rings is 1. The average molecular weight is 281 g/mol. The quantitative estimate of drug-likeness (QED) is 0.923. The second-order valence-corrected chi connectivity index (χ2v) is 7.04. The van der Waals surface area contributed by atoms with Crippen LogP contribution in [0.5, 0.6) is 0 Å². The molecule has 0 amide bonds. The molecule has 0 spiro atoms. The van der Waals surface area contributed by atoms with Crippen molar-refractivity contribution < 1.29 is 4.52 Å². The van der Waals surface area contributed by atoms with Crippen molar-refractivity contribution in [3.63, 3.8) is 0 Å². The Morgan fingerprint density at radius 2 is 2.37 bits per heavy atom. The first-order chi connectivity index (χ1) is 9.34. The van der Waals surface area contributed by atoms with Gasteiger partial charge in [0.15, 0.2) is 5.82 Å². The van der Waals surface area contributed by atoms with E-state index in [1.54, 1.807) is 0 Å². The fourth-order valence-electron chi connectivity index (χ4n) is 3.13. The van der Waals surface area contributed by atoms with Gasteiger partial charge in [-0.25, -0.2) is 0 Å². The van der Waals surface area contributed by atoms with Crippen LogP contribution in [0.3, 0.4) is 0 Å². The molecule has 2 atom stereocenters. The van der Waals surface area contributed by atoms with Gasteiger partial charge in [-0.3, -0.25) is 0 Å². The Morgan fingerprint density at radius 1 is 1.42 bits per heavy atom. The van der Waals surface area contributed by atoms with Gasteiger partial charge in [0.2, 0.25) is 5.89 Å². The van der Waals surface area contributed by atoms with Crippen LogP contribution in [0.4, 0.5) is 0 Å². The summed E-state index contributed by atoms with van der Waals surface area (Å²) in [7, 11) is 0. The maximum absolute atomic E-state index is 5.64. The molecule has 1 aromatic rings. The molecule has 2 aliphatic rings. The molecule has 0 aromatic carbocycles. The van der Waals surface area contributed by atoms with E-state index in [1.165, 1.54) is 31.4 Å². The van der Waals surface area contributed by atoms with Crippen LogP contribution in [0.15, 0.2) is 4.52 Å². The third kappa shape index (κ3) is 2.68. The second-order valence-electron chi connectivity index (χ2n) is 5.73. The molecule has 0 aliphatic carbocycles. The van der Waals surface area contributed by atoms with Gasteiger partial charge in [-0.05, 0) is 44.4 Å². The van der Waals surface area contributed by atoms with E-state index in [1.807, 2.05) is 11.8 Å². The molecule has 1 N–H and O–H groups in total. The van der Waals surface area contributed by atoms with Crippen LogP contribution in [-0.2, 0) is 5.41 Å². The first-order valence-corrected chi connectivity index (χ1v) is 8.55. The summed E-state index contributed by atoms with van der Waals surface area (Å²) >= 11 is 1.98. The summed E-state index contributed by atoms with van der Waals surface area (Å²) in [6.07, 6.45) is 7.25. The lowest BCUT2D eigenvalue weighted by atomic mass is 9.78. The van der Waals surface area contributed by atoms with Crippen molar-refractivity contribution in [2.75, 3.05) is 18.8 Å². The summed E-state index contributed by atoms with van der Waals surface area (Å²) in [5.74, 6) is 3.02. The van der Waals surface area contributed by atoms with Gasteiger partial charge in [-0.1, -0.05) is 18.5 Å². The lowest BCUT2D eigenvalue weighted by molar-refractivity contribution is 0.220. The predicted octanol–water partition coefficient (Wildman–Crippen LogP) is 3.06. The highest BCUT2D eigenvalue weighted by atomic mass is 32.2. The Morgan fingerprint density at radius 3 is 3.05 bits per heavy atom. The van der Waals surface area contributed by atoms with Gasteiger partial charge in [0.1, 0.15) is 0 Å². The Bertz CT molecular complexity index is 409. The summed E-state index contributed by atoms with van der Waals surface area (Å²) in [6, 6.07) is 0. The standard InChI is InChI=1S/C14H23N3OS/c1-2-14(7-5-8-15-10-14)13-16-12(17-18-13)11-6-3-4-9-19-11/h11,15H,2-10H2,1H3. The van der Waals surface area contributed by atoms with Crippen molar-refractivity contribution in [1.29, 1.82) is 0 Å². The van der Waals surface area contributed by atoms with E-state index < -0.39 is 0 Å². The molecule has 2 unspecified atom stereocenters. The normalized spacial score (nSPS) is 32.4. The summed E-state index contributed by atoms with van der Waals surface area (Å²) in [6.45, 7) is 4.32. The molecule has 4 nitrogen and oxygen atoms in total. The van der Waals surface area contributed by atoms with Crippen LogP contribution >= 0.6 is 11.8 Å². The Kier molecular flexibility index (Phi) is 4.12. The molecule has 2 fully saturated rings. The molecule has 0 bridgehead atoms. The largest absolute Gasteiger partial charge is 0.339 e. The third-order valence-corrected chi connectivity index (χ3v) is 5.89. The summed E-state index contributed by atoms with van der Waals surface area (Å²) < 4.78 is 5.64. The van der Waals surface area contributed by atoms with E-state index in [0.29, 0.717) is 5.25 Å². The van der Waals surface area contributed by atoms with Gasteiger partial charge in [-0.2, -0.15) is 16.7 Å². The molecule has 3 heterocycles. The highest BCUT2D eigenvalue weighted by Gasteiger charge is 2.38. The number of aromatic nitrogens is 2. The monoisotopic (exact) mass is 281 g/mol. The van der Waals surface area contributed by atoms with E-state index in [4.69, 9.17) is 9.51 Å². The number of nitrogens with zero attached hydrogens (tertiary/aromatic N) is 2. The molecular weight excluding hydrogens is 258 g/mol. The second kappa shape index (κ2) is 5.83. The van der Waals surface area contributed by atoms with E-state index in [9.17, 15) is 0 Å². The van der Waals surface area contributed by atoms with Crippen LogP contribution in [0.25, 0.3) is 0 Å². The van der Waals surface area contributed by atoms with Crippen LogP contribution in [-0.4, -0.2) is 29.0 Å². The molecule has 5 heteroatoms. The molecular formula is C14H23N3OS. The molecule has 106 valence electrons. The summed E-state index contributed by atoms with van der Waals surface area (Å²) in [4.78, 5) is 4.76. The predicted molar refractivity (Wildman–Crippen MR) is 77.4 cm³/mol. The van der Waals surface area contributed by atoms with Gasteiger partial charge >= 0.3 is 0 Å². The van der Waals surface area contributed by atoms with Crippen LogP contribution in [0.2, 0.25) is 0 Å². The van der Waals surface area contributed by atoms with Crippen molar-refractivity contribution in [1.82, 2.24) is 15.5 Å². The zero-order valence-corrected chi connectivity index (χ0v) is 12.5. The van der Waals surface area contributed by atoms with Crippen molar-refractivity contribution in [2.24, 2.45) is 0 Å². The summed E-state index contributed by atoms with van der Waals surface area (Å²) in [5, 5.41) is 8.21. The Hall–Kier alpha value is -0.550. The zero-order chi connectivity index (χ0) is 13.1. The minimum Gasteiger partial charge on any atom is -0.339 e. The summed E-state index contributed by atoms with van der Waals surface area (Å²) in [5.41, 5.74) is 0.0723. The van der Waals surface area contributed by atoms with E-state index in [2.05, 4.69) is 17.4 Å². The topological polar surface area (TPSA) is 51.0 Å². The maximum Gasteiger partial charge on any atom is 0.234 e. The molecule has 3 rings (SSSR count). The Balaban J connectivity index is 1.79. The highest BCUT2D eigenvalue weighted by molar-refractivity contribution is 7.99. The molecule has 19 heavy (non-hydrogen) atoms. The van der Waals surface area contributed by atoms with E-state index in [0.717, 1.165) is 37.6 Å². The average Bonchev–Trinajstić information content (AvgIpc) is 2.99. The van der Waals surface area contributed by atoms with Crippen LogP contribution in [0.1, 0.15) is 62.4 Å². The lowest BCUT2D eigenvalue weighted by Crippen LogP contribution is -2.43. The van der Waals surface area contributed by atoms with Crippen LogP contribution in [0, 0.1) is 0 Å². The minimum absolute atomic E-state index is 0.0723. The molecule has 0 saturated carbocycles. The number of hydrogen-bond acceptors (Lipinski definition) is 5. The van der Waals surface area contributed by atoms with Crippen LogP contribution < -0.4 is 5.32 Å². The molecule has 2 aliphatic heterocycles. The lowest BCUT2D eigenvalue weighted by Gasteiger charge is -2.33. The smallest absolute Gasteiger partial charge is 0.234 e. The van der Waals surface area contributed by atoms with Crippen molar-refractivity contribution in [3.8, 4) is 0 Å². The number of thioether (sulfide) groups is 1. The van der Waals surface area contributed by atoms with Gasteiger partial charge < -0.3 is 9.84 Å². The SMILES string of the molecule is CCC1(c2nc(C3CCCCS3)no2)CCCNC1. The molecule has 1 aromatic heterocycles. The van der Waals surface area contributed by atoms with Crippen molar-refractivity contribution in [2.45, 2.75) is 56.1 Å². The van der Waals surface area contributed by atoms with Gasteiger partial charge in [0.05, 0.1) is 10.7 Å². The van der Waals surface area contributed by atoms with Crippen molar-refractivity contribution >= 4 is 11.8 Å². The third-order valence-electron chi connectivity index (χ3n) is 4.51. The van der Waals surface area contributed by atoms with E-state index >= 15 is 0 Å². The number of hydrogen-bond donors (Lipinski definition) is 1. The molecule has 0 radical (unpaired) electrons. The van der Waals surface area contributed by atoms with Crippen molar-refractivity contribution in [3.05, 3.63) is 11.7 Å². The number of nitrogens with one attached hydrogen (secondary N) is 1. The highest BCUT2D eigenvalue weighted by Crippen LogP contribution is 2.39. The van der Waals surface area contributed by atoms with Gasteiger partial charge in [0.25, 0.3) is 0 Å². The van der Waals surface area contributed by atoms with Gasteiger partial charge in [-0.15, -0.1) is 0 Å². The number of rotatable bonds is 3. The Labute approximate surface area is 119 Å². The van der Waals surface area contributed by atoms with Gasteiger partial charge in [0, 0.05) is 6.54 Å². The maximum atomic E-state index is 5.64. The fraction of sp³-hybridized carbons (Fsp3) is 0.857. The fourth-order valence-corrected chi connectivity index (χ4v) is 4.36. The molecule has 2 saturated heterocycles. The minimum atomic E-state index is 0.0723. The first kappa shape index (κ1) is 13.4. The first-order valence-electron chi connectivity index (χ1n) is 7.50. The van der Waals surface area contributed by atoms with E-state index in [-0.39, 0.29) is 5.41 Å².